The molecule has 1 atom stereocenters. The van der Waals surface area contributed by atoms with Crippen LogP contribution in [0.2, 0.25) is 0 Å². The molecular formula is C12H24N2O3. The molecular weight excluding hydrogens is 220 g/mol. The van der Waals surface area contributed by atoms with Gasteiger partial charge in [-0.05, 0) is 38.6 Å². The third kappa shape index (κ3) is 6.94. The number of carboxylic acids is 1. The first-order chi connectivity index (χ1) is 7.78. The van der Waals surface area contributed by atoms with Crippen molar-refractivity contribution >= 4 is 11.9 Å². The first kappa shape index (κ1) is 15.9. The molecule has 0 aliphatic heterocycles. The fourth-order valence-electron chi connectivity index (χ4n) is 1.48. The topological polar surface area (TPSA) is 92.4 Å². The predicted molar refractivity (Wildman–Crippen MR) is 66.5 cm³/mol. The summed E-state index contributed by atoms with van der Waals surface area (Å²) in [4.78, 5) is 21.8. The lowest BCUT2D eigenvalue weighted by Gasteiger charge is -2.27. The van der Waals surface area contributed by atoms with Crippen molar-refractivity contribution in [2.24, 2.45) is 11.7 Å². The van der Waals surface area contributed by atoms with Crippen molar-refractivity contribution in [3.63, 3.8) is 0 Å². The van der Waals surface area contributed by atoms with Gasteiger partial charge in [0.05, 0.1) is 0 Å². The Morgan fingerprint density at radius 2 is 2.00 bits per heavy atom. The van der Waals surface area contributed by atoms with Gasteiger partial charge in [-0.25, -0.2) is 0 Å². The molecule has 1 amide bonds. The molecule has 0 aliphatic rings. The van der Waals surface area contributed by atoms with Gasteiger partial charge in [0, 0.05) is 6.42 Å². The molecule has 0 rings (SSSR count). The molecule has 4 N–H and O–H groups in total. The lowest BCUT2D eigenvalue weighted by molar-refractivity contribution is -0.144. The number of carboxylic acid groups (broad SMARTS) is 1. The number of aliphatic carboxylic acids is 1. The van der Waals surface area contributed by atoms with Crippen LogP contribution in [0, 0.1) is 5.92 Å². The highest BCUT2D eigenvalue weighted by atomic mass is 16.4. The van der Waals surface area contributed by atoms with Gasteiger partial charge in [0.25, 0.3) is 0 Å². The number of nitrogens with one attached hydrogen (secondary N) is 1. The van der Waals surface area contributed by atoms with Crippen LogP contribution >= 0.6 is 0 Å². The summed E-state index contributed by atoms with van der Waals surface area (Å²) in [6, 6.07) is 0. The van der Waals surface area contributed by atoms with Crippen LogP contribution in [-0.4, -0.2) is 29.1 Å². The Balaban J connectivity index is 4.12. The molecule has 100 valence electrons. The van der Waals surface area contributed by atoms with Gasteiger partial charge in [-0.1, -0.05) is 13.8 Å². The minimum absolute atomic E-state index is 0.285. The van der Waals surface area contributed by atoms with Crippen molar-refractivity contribution in [2.75, 3.05) is 6.54 Å². The molecule has 0 aromatic rings. The molecule has 0 aromatic heterocycles. The minimum Gasteiger partial charge on any atom is -0.480 e. The Hall–Kier alpha value is -1.10. The van der Waals surface area contributed by atoms with Crippen LogP contribution in [0.15, 0.2) is 0 Å². The molecule has 17 heavy (non-hydrogen) atoms. The summed E-state index contributed by atoms with van der Waals surface area (Å²) in [7, 11) is 0. The van der Waals surface area contributed by atoms with E-state index in [1.165, 1.54) is 0 Å². The zero-order valence-electron chi connectivity index (χ0n) is 11.0. The molecule has 0 saturated carbocycles. The molecule has 0 saturated heterocycles. The highest BCUT2D eigenvalue weighted by molar-refractivity contribution is 5.78. The van der Waals surface area contributed by atoms with E-state index in [9.17, 15) is 14.7 Å². The van der Waals surface area contributed by atoms with E-state index < -0.39 is 11.5 Å². The third-order valence-corrected chi connectivity index (χ3v) is 2.81. The van der Waals surface area contributed by atoms with Crippen LogP contribution in [0.3, 0.4) is 0 Å². The molecule has 0 heterocycles. The number of hydrogen-bond acceptors (Lipinski definition) is 3. The Labute approximate surface area is 103 Å². The zero-order chi connectivity index (χ0) is 13.5. The standard InChI is InChI=1S/C12H24N2O3/c1-9(2)6-7-12(3,11(16)17)14-8-4-5-10(13)15/h9,14H,4-8H2,1-3H3,(H2,13,15)(H,16,17). The summed E-state index contributed by atoms with van der Waals surface area (Å²) >= 11 is 0. The summed E-state index contributed by atoms with van der Waals surface area (Å²) in [6.07, 6.45) is 2.29. The maximum Gasteiger partial charge on any atom is 0.323 e. The normalized spacial score (nSPS) is 14.6. The van der Waals surface area contributed by atoms with E-state index in [0.717, 1.165) is 6.42 Å². The van der Waals surface area contributed by atoms with Crippen molar-refractivity contribution < 1.29 is 14.7 Å². The monoisotopic (exact) mass is 244 g/mol. The van der Waals surface area contributed by atoms with Gasteiger partial charge in [-0.15, -0.1) is 0 Å². The fraction of sp³-hybridized carbons (Fsp3) is 0.833. The van der Waals surface area contributed by atoms with E-state index in [1.54, 1.807) is 6.92 Å². The molecule has 0 aliphatic carbocycles. The molecule has 0 aromatic carbocycles. The minimum atomic E-state index is -0.915. The molecule has 0 bridgehead atoms. The number of hydrogen-bond donors (Lipinski definition) is 3. The second kappa shape index (κ2) is 7.27. The van der Waals surface area contributed by atoms with E-state index in [-0.39, 0.29) is 12.3 Å². The number of primary amides is 1. The average molecular weight is 244 g/mol. The van der Waals surface area contributed by atoms with Gasteiger partial charge in [-0.2, -0.15) is 0 Å². The van der Waals surface area contributed by atoms with E-state index >= 15 is 0 Å². The van der Waals surface area contributed by atoms with E-state index in [0.29, 0.717) is 25.3 Å². The fourth-order valence-corrected chi connectivity index (χ4v) is 1.48. The number of amides is 1. The lowest BCUT2D eigenvalue weighted by Crippen LogP contribution is -2.50. The molecule has 0 radical (unpaired) electrons. The average Bonchev–Trinajstić information content (AvgIpc) is 2.21. The number of carbonyl (C=O) groups is 2. The van der Waals surface area contributed by atoms with E-state index in [2.05, 4.69) is 19.2 Å². The van der Waals surface area contributed by atoms with Gasteiger partial charge in [0.15, 0.2) is 0 Å². The first-order valence-electron chi connectivity index (χ1n) is 6.04. The van der Waals surface area contributed by atoms with Gasteiger partial charge in [-0.3, -0.25) is 9.59 Å². The van der Waals surface area contributed by atoms with Crippen LogP contribution in [-0.2, 0) is 9.59 Å². The van der Waals surface area contributed by atoms with E-state index in [1.807, 2.05) is 0 Å². The Morgan fingerprint density at radius 1 is 1.41 bits per heavy atom. The summed E-state index contributed by atoms with van der Waals surface area (Å²) in [5, 5.41) is 12.2. The lowest BCUT2D eigenvalue weighted by atomic mass is 9.92. The third-order valence-electron chi connectivity index (χ3n) is 2.81. The van der Waals surface area contributed by atoms with E-state index in [4.69, 9.17) is 5.73 Å². The number of carbonyl (C=O) groups excluding carboxylic acids is 1. The van der Waals surface area contributed by atoms with Crippen LogP contribution in [0.1, 0.15) is 46.5 Å². The molecule has 1 unspecified atom stereocenters. The van der Waals surface area contributed by atoms with Gasteiger partial charge >= 0.3 is 5.97 Å². The highest BCUT2D eigenvalue weighted by Gasteiger charge is 2.31. The quantitative estimate of drug-likeness (QED) is 0.530. The molecule has 5 nitrogen and oxygen atoms in total. The maximum atomic E-state index is 11.2. The second-order valence-electron chi connectivity index (χ2n) is 5.07. The van der Waals surface area contributed by atoms with Crippen LogP contribution in [0.25, 0.3) is 0 Å². The number of rotatable bonds is 9. The Kier molecular flexibility index (Phi) is 6.80. The van der Waals surface area contributed by atoms with Crippen molar-refractivity contribution in [1.82, 2.24) is 5.32 Å². The molecule has 5 heteroatoms. The Bertz CT molecular complexity index is 266. The van der Waals surface area contributed by atoms with Crippen LogP contribution in [0.5, 0.6) is 0 Å². The van der Waals surface area contributed by atoms with Crippen molar-refractivity contribution in [3.8, 4) is 0 Å². The highest BCUT2D eigenvalue weighted by Crippen LogP contribution is 2.17. The Morgan fingerprint density at radius 3 is 2.41 bits per heavy atom. The van der Waals surface area contributed by atoms with Crippen LogP contribution < -0.4 is 11.1 Å². The molecule has 0 spiro atoms. The van der Waals surface area contributed by atoms with Gasteiger partial charge in [0.1, 0.15) is 5.54 Å². The van der Waals surface area contributed by atoms with Crippen molar-refractivity contribution in [2.45, 2.75) is 52.0 Å². The summed E-state index contributed by atoms with van der Waals surface area (Å²) in [5.74, 6) is -0.732. The summed E-state index contributed by atoms with van der Waals surface area (Å²) in [6.45, 7) is 6.30. The SMILES string of the molecule is CC(C)CCC(C)(NCCCC(N)=O)C(=O)O. The van der Waals surface area contributed by atoms with Gasteiger partial charge in [0.2, 0.25) is 5.91 Å². The predicted octanol–water partition coefficient (Wildman–Crippen LogP) is 1.12. The van der Waals surface area contributed by atoms with Crippen LogP contribution in [0.4, 0.5) is 0 Å². The second-order valence-corrected chi connectivity index (χ2v) is 5.07. The summed E-state index contributed by atoms with van der Waals surface area (Å²) in [5.41, 5.74) is 4.10. The largest absolute Gasteiger partial charge is 0.480 e. The van der Waals surface area contributed by atoms with Gasteiger partial charge < -0.3 is 16.2 Å². The number of nitrogens with two attached hydrogens (primary N) is 1. The van der Waals surface area contributed by atoms with Crippen molar-refractivity contribution in [1.29, 1.82) is 0 Å². The van der Waals surface area contributed by atoms with Crippen molar-refractivity contribution in [3.05, 3.63) is 0 Å². The maximum absolute atomic E-state index is 11.2. The molecule has 0 fully saturated rings. The first-order valence-corrected chi connectivity index (χ1v) is 6.04. The summed E-state index contributed by atoms with van der Waals surface area (Å²) < 4.78 is 0. The smallest absolute Gasteiger partial charge is 0.323 e. The zero-order valence-corrected chi connectivity index (χ0v) is 11.0.